The molecule has 84 valence electrons. The third-order valence-electron chi connectivity index (χ3n) is 3.61. The Morgan fingerprint density at radius 2 is 2.06 bits per heavy atom. The molecule has 3 nitrogen and oxygen atoms in total. The normalized spacial score (nSPS) is 20.6. The van der Waals surface area contributed by atoms with Crippen LogP contribution in [0.15, 0.2) is 34.9 Å². The van der Waals surface area contributed by atoms with E-state index in [1.165, 1.54) is 5.56 Å². The van der Waals surface area contributed by atoms with Gasteiger partial charge in [-0.3, -0.25) is 0 Å². The summed E-state index contributed by atoms with van der Waals surface area (Å²) in [6.07, 6.45) is 1.83. The molecule has 0 amide bonds. The van der Waals surface area contributed by atoms with Gasteiger partial charge < -0.3 is 14.9 Å². The molecule has 1 aromatic heterocycles. The molecule has 2 aromatic rings. The Hall–Kier alpha value is -1.32. The molecule has 2 N–H and O–H groups in total. The van der Waals surface area contributed by atoms with Gasteiger partial charge in [-0.1, -0.05) is 18.2 Å². The predicted octanol–water partition coefficient (Wildman–Crippen LogP) is 2.05. The minimum atomic E-state index is -0.0629. The summed E-state index contributed by atoms with van der Waals surface area (Å²) in [7, 11) is 0. The predicted molar refractivity (Wildman–Crippen MR) is 62.4 cm³/mol. The van der Waals surface area contributed by atoms with Crippen molar-refractivity contribution in [1.82, 2.24) is 0 Å². The zero-order valence-electron chi connectivity index (χ0n) is 9.27. The van der Waals surface area contributed by atoms with Gasteiger partial charge in [0, 0.05) is 17.0 Å². The third kappa shape index (κ3) is 1.16. The van der Waals surface area contributed by atoms with E-state index in [1.807, 2.05) is 31.4 Å². The maximum Gasteiger partial charge on any atom is 0.134 e. The van der Waals surface area contributed by atoms with Crippen molar-refractivity contribution in [1.29, 1.82) is 0 Å². The molecule has 1 aromatic carbocycles. The lowest BCUT2D eigenvalue weighted by molar-refractivity contribution is -0.0697. The Morgan fingerprint density at radius 3 is 2.69 bits per heavy atom. The summed E-state index contributed by atoms with van der Waals surface area (Å²) in [5.74, 6) is 0. The summed E-state index contributed by atoms with van der Waals surface area (Å²) in [5.41, 5.74) is 8.14. The number of benzene rings is 1. The van der Waals surface area contributed by atoms with E-state index in [0.717, 1.165) is 11.0 Å². The maximum absolute atomic E-state index is 6.09. The second-order valence-electron chi connectivity index (χ2n) is 4.58. The Morgan fingerprint density at radius 1 is 1.31 bits per heavy atom. The minimum Gasteiger partial charge on any atom is -0.464 e. The third-order valence-corrected chi connectivity index (χ3v) is 3.61. The van der Waals surface area contributed by atoms with Crippen LogP contribution < -0.4 is 5.73 Å². The molecule has 1 unspecified atom stereocenters. The van der Waals surface area contributed by atoms with Gasteiger partial charge >= 0.3 is 0 Å². The van der Waals surface area contributed by atoms with Gasteiger partial charge in [0.2, 0.25) is 0 Å². The van der Waals surface area contributed by atoms with Crippen LogP contribution in [0.2, 0.25) is 0 Å². The molecule has 3 rings (SSSR count). The summed E-state index contributed by atoms with van der Waals surface area (Å²) in [6, 6.07) is 8.13. The number of fused-ring (bicyclic) bond motifs is 1. The zero-order chi connectivity index (χ0) is 11.2. The molecule has 1 fully saturated rings. The van der Waals surface area contributed by atoms with Gasteiger partial charge in [-0.25, -0.2) is 0 Å². The van der Waals surface area contributed by atoms with Gasteiger partial charge in [0.25, 0.3) is 0 Å². The van der Waals surface area contributed by atoms with E-state index in [0.29, 0.717) is 13.2 Å². The topological polar surface area (TPSA) is 48.4 Å². The Kier molecular flexibility index (Phi) is 2.06. The average molecular weight is 217 g/mol. The van der Waals surface area contributed by atoms with Crippen molar-refractivity contribution >= 4 is 11.0 Å². The first kappa shape index (κ1) is 9.87. The largest absolute Gasteiger partial charge is 0.464 e. The van der Waals surface area contributed by atoms with Crippen molar-refractivity contribution < 1.29 is 9.15 Å². The number of para-hydroxylation sites is 1. The molecule has 1 atom stereocenters. The molecule has 0 aliphatic carbocycles. The van der Waals surface area contributed by atoms with Gasteiger partial charge in [-0.05, 0) is 13.0 Å². The van der Waals surface area contributed by atoms with Gasteiger partial charge in [0.15, 0.2) is 0 Å². The molecule has 3 heteroatoms. The standard InChI is InChI=1S/C13H15NO2/c1-9(14)13(7-15-8-13)11-6-16-12-5-3-2-4-10(11)12/h2-6,9H,7-8,14H2,1H3. The van der Waals surface area contributed by atoms with E-state index in [9.17, 15) is 0 Å². The van der Waals surface area contributed by atoms with Crippen molar-refractivity contribution in [2.75, 3.05) is 13.2 Å². The molecular formula is C13H15NO2. The highest BCUT2D eigenvalue weighted by molar-refractivity contribution is 5.82. The van der Waals surface area contributed by atoms with Crippen molar-refractivity contribution in [2.45, 2.75) is 18.4 Å². The summed E-state index contributed by atoms with van der Waals surface area (Å²) in [4.78, 5) is 0. The summed E-state index contributed by atoms with van der Waals surface area (Å²) in [6.45, 7) is 3.41. The maximum atomic E-state index is 6.09. The highest BCUT2D eigenvalue weighted by Crippen LogP contribution is 2.39. The second-order valence-corrected chi connectivity index (χ2v) is 4.58. The number of furan rings is 1. The van der Waals surface area contributed by atoms with E-state index in [2.05, 4.69) is 6.07 Å². The first-order valence-corrected chi connectivity index (χ1v) is 5.54. The highest BCUT2D eigenvalue weighted by Gasteiger charge is 2.45. The molecule has 0 bridgehead atoms. The van der Waals surface area contributed by atoms with Crippen LogP contribution >= 0.6 is 0 Å². The second kappa shape index (κ2) is 3.34. The quantitative estimate of drug-likeness (QED) is 0.837. The van der Waals surface area contributed by atoms with Crippen LogP contribution in [0, 0.1) is 0 Å². The van der Waals surface area contributed by atoms with Crippen LogP contribution in [-0.2, 0) is 10.2 Å². The van der Waals surface area contributed by atoms with Crippen LogP contribution in [0.5, 0.6) is 0 Å². The highest BCUT2D eigenvalue weighted by atomic mass is 16.5. The van der Waals surface area contributed by atoms with E-state index in [-0.39, 0.29) is 11.5 Å². The Bertz CT molecular complexity index is 511. The van der Waals surface area contributed by atoms with Crippen LogP contribution in [0.1, 0.15) is 12.5 Å². The first-order valence-electron chi connectivity index (χ1n) is 5.54. The van der Waals surface area contributed by atoms with Crippen LogP contribution in [0.3, 0.4) is 0 Å². The van der Waals surface area contributed by atoms with Crippen LogP contribution in [0.4, 0.5) is 0 Å². The van der Waals surface area contributed by atoms with E-state index < -0.39 is 0 Å². The minimum absolute atomic E-state index is 0.0629. The molecule has 1 saturated heterocycles. The lowest BCUT2D eigenvalue weighted by atomic mass is 9.73. The van der Waals surface area contributed by atoms with Crippen molar-refractivity contribution in [2.24, 2.45) is 5.73 Å². The summed E-state index contributed by atoms with van der Waals surface area (Å²) in [5, 5.41) is 1.16. The smallest absolute Gasteiger partial charge is 0.134 e. The number of rotatable bonds is 2. The van der Waals surface area contributed by atoms with Gasteiger partial charge in [0.05, 0.1) is 24.9 Å². The van der Waals surface area contributed by atoms with Crippen LogP contribution in [-0.4, -0.2) is 19.3 Å². The molecule has 0 saturated carbocycles. The monoisotopic (exact) mass is 217 g/mol. The molecule has 0 spiro atoms. The Labute approximate surface area is 94.2 Å². The SMILES string of the molecule is CC(N)C1(c2coc3ccccc23)COC1. The Balaban J connectivity index is 2.18. The molecule has 16 heavy (non-hydrogen) atoms. The summed E-state index contributed by atoms with van der Waals surface area (Å²) < 4.78 is 10.9. The number of ether oxygens (including phenoxy) is 1. The summed E-state index contributed by atoms with van der Waals surface area (Å²) >= 11 is 0. The number of hydrogen-bond acceptors (Lipinski definition) is 3. The van der Waals surface area contributed by atoms with Crippen molar-refractivity contribution in [3.05, 3.63) is 36.1 Å². The van der Waals surface area contributed by atoms with E-state index in [1.54, 1.807) is 0 Å². The zero-order valence-corrected chi connectivity index (χ0v) is 9.27. The molecule has 0 radical (unpaired) electrons. The fourth-order valence-electron chi connectivity index (χ4n) is 2.35. The average Bonchev–Trinajstić information content (AvgIpc) is 2.61. The molecular weight excluding hydrogens is 202 g/mol. The molecule has 2 heterocycles. The number of nitrogens with two attached hydrogens (primary N) is 1. The van der Waals surface area contributed by atoms with Crippen LogP contribution in [0.25, 0.3) is 11.0 Å². The lowest BCUT2D eigenvalue weighted by Crippen LogP contribution is -2.57. The van der Waals surface area contributed by atoms with Gasteiger partial charge in [-0.2, -0.15) is 0 Å². The van der Waals surface area contributed by atoms with E-state index in [4.69, 9.17) is 14.9 Å². The van der Waals surface area contributed by atoms with Gasteiger partial charge in [-0.15, -0.1) is 0 Å². The fraction of sp³-hybridized carbons (Fsp3) is 0.385. The molecule has 1 aliphatic heterocycles. The number of hydrogen-bond donors (Lipinski definition) is 1. The van der Waals surface area contributed by atoms with Crippen molar-refractivity contribution in [3.63, 3.8) is 0 Å². The van der Waals surface area contributed by atoms with Gasteiger partial charge in [0.1, 0.15) is 5.58 Å². The van der Waals surface area contributed by atoms with E-state index >= 15 is 0 Å². The fourth-order valence-corrected chi connectivity index (χ4v) is 2.35. The molecule has 1 aliphatic rings. The lowest BCUT2D eigenvalue weighted by Gasteiger charge is -2.44. The first-order chi connectivity index (χ1) is 7.74. The van der Waals surface area contributed by atoms with Crippen molar-refractivity contribution in [3.8, 4) is 0 Å².